The Balaban J connectivity index is 0.00000144. The zero-order chi connectivity index (χ0) is 14.3. The Bertz CT molecular complexity index is 411. The summed E-state index contributed by atoms with van der Waals surface area (Å²) in [5, 5.41) is 3.42. The topological polar surface area (TPSA) is 41.6 Å². The number of carbonyl (C=O) groups excluding carboxylic acids is 1. The molecule has 3 saturated heterocycles. The third kappa shape index (κ3) is 2.90. The molecule has 1 aliphatic carbocycles. The summed E-state index contributed by atoms with van der Waals surface area (Å²) in [5.74, 6) is 0.792. The lowest BCUT2D eigenvalue weighted by atomic mass is 9.75. The molecule has 22 heavy (non-hydrogen) atoms. The monoisotopic (exact) mass is 328 g/mol. The number of halogens is 1. The largest absolute Gasteiger partial charge is 0.381 e. The van der Waals surface area contributed by atoms with Gasteiger partial charge in [-0.3, -0.25) is 4.79 Å². The first-order chi connectivity index (χ1) is 10.2. The van der Waals surface area contributed by atoms with Gasteiger partial charge in [0.2, 0.25) is 5.91 Å². The van der Waals surface area contributed by atoms with Gasteiger partial charge >= 0.3 is 0 Å². The van der Waals surface area contributed by atoms with Crippen LogP contribution in [0.3, 0.4) is 0 Å². The summed E-state index contributed by atoms with van der Waals surface area (Å²) < 4.78 is 5.73. The van der Waals surface area contributed by atoms with E-state index in [0.717, 1.165) is 52.2 Å². The molecule has 0 radical (unpaired) electrons. The molecule has 4 fully saturated rings. The number of ether oxygens (including phenoxy) is 1. The fourth-order valence-corrected chi connectivity index (χ4v) is 5.02. The molecule has 3 aliphatic heterocycles. The van der Waals surface area contributed by atoms with Crippen LogP contribution in [-0.4, -0.2) is 50.2 Å². The van der Waals surface area contributed by atoms with Crippen molar-refractivity contribution in [1.29, 1.82) is 0 Å². The van der Waals surface area contributed by atoms with Gasteiger partial charge in [-0.25, -0.2) is 0 Å². The maximum Gasteiger partial charge on any atom is 0.226 e. The smallest absolute Gasteiger partial charge is 0.226 e. The van der Waals surface area contributed by atoms with Crippen molar-refractivity contribution in [1.82, 2.24) is 10.2 Å². The lowest BCUT2D eigenvalue weighted by Gasteiger charge is -2.45. The lowest BCUT2D eigenvalue weighted by molar-refractivity contribution is -0.140. The molecule has 4 nitrogen and oxygen atoms in total. The molecule has 2 atom stereocenters. The molecule has 0 aromatic carbocycles. The summed E-state index contributed by atoms with van der Waals surface area (Å²) >= 11 is 0. The second kappa shape index (κ2) is 6.29. The number of hydrogen-bond donors (Lipinski definition) is 1. The lowest BCUT2D eigenvalue weighted by Crippen LogP contribution is -2.50. The Hall–Kier alpha value is -0.320. The first-order valence-corrected chi connectivity index (χ1v) is 8.81. The summed E-state index contributed by atoms with van der Waals surface area (Å²) in [6.07, 6.45) is 8.37. The zero-order valence-electron chi connectivity index (χ0n) is 13.4. The molecule has 0 aromatic heterocycles. The SMILES string of the molecule is Cl.O=C(C1CC12CCNCC2)N1CCCC2(CCCOC2)C1. The van der Waals surface area contributed by atoms with Crippen LogP contribution in [0, 0.1) is 16.7 Å². The highest BCUT2D eigenvalue weighted by molar-refractivity contribution is 5.85. The van der Waals surface area contributed by atoms with Gasteiger partial charge in [-0.2, -0.15) is 0 Å². The summed E-state index contributed by atoms with van der Waals surface area (Å²) in [5.41, 5.74) is 0.651. The Kier molecular flexibility index (Phi) is 4.73. The predicted molar refractivity (Wildman–Crippen MR) is 88.2 cm³/mol. The van der Waals surface area contributed by atoms with Crippen LogP contribution >= 0.6 is 12.4 Å². The van der Waals surface area contributed by atoms with Crippen LogP contribution in [0.5, 0.6) is 0 Å². The molecule has 4 rings (SSSR count). The minimum absolute atomic E-state index is 0. The Morgan fingerprint density at radius 3 is 2.64 bits per heavy atom. The molecule has 2 spiro atoms. The first-order valence-electron chi connectivity index (χ1n) is 8.81. The fraction of sp³-hybridized carbons (Fsp3) is 0.941. The van der Waals surface area contributed by atoms with Crippen LogP contribution in [0.15, 0.2) is 0 Å². The quantitative estimate of drug-likeness (QED) is 0.802. The standard InChI is InChI=1S/C17H28N2O2.ClH/c20-15(14-11-17(14)5-7-18-8-6-17)19-9-1-3-16(12-19)4-2-10-21-13-16;/h14,18H,1-13H2;1H. The highest BCUT2D eigenvalue weighted by Crippen LogP contribution is 2.59. The van der Waals surface area contributed by atoms with Crippen molar-refractivity contribution in [3.63, 3.8) is 0 Å². The van der Waals surface area contributed by atoms with E-state index in [-0.39, 0.29) is 17.8 Å². The van der Waals surface area contributed by atoms with Gasteiger partial charge in [0.25, 0.3) is 0 Å². The third-order valence-electron chi connectivity index (χ3n) is 6.46. The van der Waals surface area contributed by atoms with E-state index in [9.17, 15) is 4.79 Å². The molecule has 126 valence electrons. The normalized spacial score (nSPS) is 36.9. The van der Waals surface area contributed by atoms with Gasteiger partial charge in [-0.05, 0) is 63.5 Å². The van der Waals surface area contributed by atoms with Crippen LogP contribution in [0.1, 0.15) is 44.9 Å². The second-order valence-electron chi connectivity index (χ2n) is 7.89. The van der Waals surface area contributed by atoms with Crippen LogP contribution < -0.4 is 5.32 Å². The number of piperidine rings is 2. The average molecular weight is 329 g/mol. The summed E-state index contributed by atoms with van der Waals surface area (Å²) in [6, 6.07) is 0. The van der Waals surface area contributed by atoms with Crippen molar-refractivity contribution < 1.29 is 9.53 Å². The minimum atomic E-state index is 0. The summed E-state index contributed by atoms with van der Waals surface area (Å²) in [6.45, 7) is 5.91. The minimum Gasteiger partial charge on any atom is -0.381 e. The molecule has 3 heterocycles. The van der Waals surface area contributed by atoms with E-state index in [1.807, 2.05) is 0 Å². The van der Waals surface area contributed by atoms with Crippen molar-refractivity contribution in [3.8, 4) is 0 Å². The maximum atomic E-state index is 12.9. The number of amides is 1. The Labute approximate surface area is 139 Å². The summed E-state index contributed by atoms with van der Waals surface area (Å²) in [4.78, 5) is 15.1. The van der Waals surface area contributed by atoms with Gasteiger partial charge in [-0.1, -0.05) is 0 Å². The second-order valence-corrected chi connectivity index (χ2v) is 7.89. The number of hydrogen-bond acceptors (Lipinski definition) is 3. The highest BCUT2D eigenvalue weighted by Gasteiger charge is 2.59. The number of nitrogens with zero attached hydrogens (tertiary/aromatic N) is 1. The molecule has 0 bridgehead atoms. The van der Waals surface area contributed by atoms with E-state index in [1.54, 1.807) is 0 Å². The van der Waals surface area contributed by atoms with Crippen LogP contribution in [-0.2, 0) is 9.53 Å². The summed E-state index contributed by atoms with van der Waals surface area (Å²) in [7, 11) is 0. The average Bonchev–Trinajstić information content (AvgIpc) is 3.21. The third-order valence-corrected chi connectivity index (χ3v) is 6.46. The van der Waals surface area contributed by atoms with Gasteiger partial charge < -0.3 is 15.0 Å². The maximum absolute atomic E-state index is 12.9. The first kappa shape index (κ1) is 16.5. The van der Waals surface area contributed by atoms with Gasteiger partial charge in [0.1, 0.15) is 0 Å². The van der Waals surface area contributed by atoms with Crippen molar-refractivity contribution >= 4 is 18.3 Å². The number of nitrogens with one attached hydrogen (secondary N) is 1. The molecule has 0 aromatic rings. The molecule has 1 saturated carbocycles. The van der Waals surface area contributed by atoms with Gasteiger partial charge in [-0.15, -0.1) is 12.4 Å². The molecular weight excluding hydrogens is 300 g/mol. The van der Waals surface area contributed by atoms with E-state index in [4.69, 9.17) is 4.74 Å². The number of rotatable bonds is 1. The van der Waals surface area contributed by atoms with Crippen LogP contribution in [0.25, 0.3) is 0 Å². The molecule has 4 aliphatic rings. The van der Waals surface area contributed by atoms with Gasteiger partial charge in [0, 0.05) is 31.0 Å². The molecule has 1 N–H and O–H groups in total. The highest BCUT2D eigenvalue weighted by atomic mass is 35.5. The van der Waals surface area contributed by atoms with Crippen molar-refractivity contribution in [2.45, 2.75) is 44.9 Å². The fourth-order valence-electron chi connectivity index (χ4n) is 5.02. The van der Waals surface area contributed by atoms with E-state index < -0.39 is 0 Å². The van der Waals surface area contributed by atoms with E-state index in [1.165, 1.54) is 32.1 Å². The zero-order valence-corrected chi connectivity index (χ0v) is 14.3. The molecule has 5 heteroatoms. The molecule has 1 amide bonds. The Morgan fingerprint density at radius 1 is 1.14 bits per heavy atom. The van der Waals surface area contributed by atoms with Crippen LogP contribution in [0.2, 0.25) is 0 Å². The van der Waals surface area contributed by atoms with Crippen LogP contribution in [0.4, 0.5) is 0 Å². The van der Waals surface area contributed by atoms with Gasteiger partial charge in [0.15, 0.2) is 0 Å². The number of carbonyl (C=O) groups is 1. The van der Waals surface area contributed by atoms with Gasteiger partial charge in [0.05, 0.1) is 6.61 Å². The number of likely N-dealkylation sites (tertiary alicyclic amines) is 1. The van der Waals surface area contributed by atoms with Crippen molar-refractivity contribution in [3.05, 3.63) is 0 Å². The van der Waals surface area contributed by atoms with E-state index in [0.29, 0.717) is 17.2 Å². The van der Waals surface area contributed by atoms with Crippen molar-refractivity contribution in [2.24, 2.45) is 16.7 Å². The van der Waals surface area contributed by atoms with E-state index >= 15 is 0 Å². The molecular formula is C17H29ClN2O2. The Morgan fingerprint density at radius 2 is 1.91 bits per heavy atom. The predicted octanol–water partition coefficient (Wildman–Crippen LogP) is 2.22. The van der Waals surface area contributed by atoms with Crippen molar-refractivity contribution in [2.75, 3.05) is 39.4 Å². The van der Waals surface area contributed by atoms with E-state index in [2.05, 4.69) is 10.2 Å². The molecule has 2 unspecified atom stereocenters.